The highest BCUT2D eigenvalue weighted by Gasteiger charge is 2.14. The normalized spacial score (nSPS) is 12.6. The van der Waals surface area contributed by atoms with Crippen molar-refractivity contribution in [2.24, 2.45) is 0 Å². The Morgan fingerprint density at radius 2 is 2.03 bits per heavy atom. The predicted molar refractivity (Wildman–Crippen MR) is 115 cm³/mol. The number of likely N-dealkylation sites (N-methyl/N-ethyl adjacent to an activating group) is 1. The van der Waals surface area contributed by atoms with Gasteiger partial charge in [-0.3, -0.25) is 4.79 Å². The van der Waals surface area contributed by atoms with E-state index in [4.69, 9.17) is 14.2 Å². The molecule has 166 valence electrons. The quantitative estimate of drug-likeness (QED) is 0.393. The molecule has 0 fully saturated rings. The first kappa shape index (κ1) is 23.9. The minimum Gasteiger partial charge on any atom is -0.465 e. The molecule has 9 heteroatoms. The Bertz CT molecular complexity index is 903. The van der Waals surface area contributed by atoms with Crippen molar-refractivity contribution < 1.29 is 23.4 Å². The maximum atomic E-state index is 13.7. The van der Waals surface area contributed by atoms with Crippen LogP contribution in [-0.2, 0) is 14.3 Å². The number of halogens is 1. The van der Waals surface area contributed by atoms with Crippen LogP contribution in [0, 0.1) is 0 Å². The Hall–Kier alpha value is -3.33. The molecule has 0 amide bonds. The molecule has 2 aromatic rings. The first-order valence-corrected chi connectivity index (χ1v) is 9.79. The van der Waals surface area contributed by atoms with E-state index in [0.29, 0.717) is 24.2 Å². The van der Waals surface area contributed by atoms with Crippen LogP contribution in [0.5, 0.6) is 11.6 Å². The van der Waals surface area contributed by atoms with Crippen LogP contribution >= 0.6 is 0 Å². The van der Waals surface area contributed by atoms with E-state index in [2.05, 4.69) is 15.0 Å². The first-order valence-electron chi connectivity index (χ1n) is 9.79. The van der Waals surface area contributed by atoms with Gasteiger partial charge in [-0.05, 0) is 25.1 Å². The number of hydrogen-bond donors (Lipinski definition) is 0. The molecular formula is C22H27FN4O4. The number of anilines is 1. The molecule has 0 saturated carbocycles. The fourth-order valence-corrected chi connectivity index (χ4v) is 2.55. The van der Waals surface area contributed by atoms with Gasteiger partial charge in [-0.25, -0.2) is 19.3 Å². The number of hydrogen-bond acceptors (Lipinski definition) is 8. The summed E-state index contributed by atoms with van der Waals surface area (Å²) in [6.45, 7) is 4.22. The van der Waals surface area contributed by atoms with Gasteiger partial charge < -0.3 is 19.1 Å². The highest BCUT2D eigenvalue weighted by Crippen LogP contribution is 2.29. The maximum Gasteiger partial charge on any atom is 0.325 e. The summed E-state index contributed by atoms with van der Waals surface area (Å²) < 4.78 is 29.3. The van der Waals surface area contributed by atoms with Crippen LogP contribution < -0.4 is 9.64 Å². The van der Waals surface area contributed by atoms with Crippen LogP contribution in [0.25, 0.3) is 0 Å². The molecule has 0 N–H and O–H groups in total. The Morgan fingerprint density at radius 1 is 1.29 bits per heavy atom. The third-order valence-electron chi connectivity index (χ3n) is 4.12. The van der Waals surface area contributed by atoms with Crippen molar-refractivity contribution in [1.29, 1.82) is 0 Å². The molecule has 2 aromatic heterocycles. The SMILES string of the molecule is CCOC(=O)CN(C)c1ncc(Oc2ncccc2C(C)/C=C\C(F)=C/COC)cn1. The molecule has 0 aromatic carbocycles. The van der Waals surface area contributed by atoms with E-state index in [-0.39, 0.29) is 30.9 Å². The molecule has 2 heterocycles. The van der Waals surface area contributed by atoms with Crippen LogP contribution in [-0.4, -0.2) is 54.8 Å². The molecular weight excluding hydrogens is 403 g/mol. The van der Waals surface area contributed by atoms with Gasteiger partial charge in [0.15, 0.2) is 5.75 Å². The number of nitrogens with zero attached hydrogens (tertiary/aromatic N) is 4. The van der Waals surface area contributed by atoms with Crippen LogP contribution in [0.2, 0.25) is 0 Å². The number of ether oxygens (including phenoxy) is 3. The van der Waals surface area contributed by atoms with E-state index in [1.165, 1.54) is 31.7 Å². The summed E-state index contributed by atoms with van der Waals surface area (Å²) in [6, 6.07) is 3.64. The van der Waals surface area contributed by atoms with Gasteiger partial charge in [0.05, 0.1) is 25.6 Å². The zero-order chi connectivity index (χ0) is 22.6. The van der Waals surface area contributed by atoms with E-state index < -0.39 is 0 Å². The van der Waals surface area contributed by atoms with Crippen molar-refractivity contribution in [3.05, 3.63) is 60.3 Å². The van der Waals surface area contributed by atoms with Gasteiger partial charge in [0.25, 0.3) is 0 Å². The fraction of sp³-hybridized carbons (Fsp3) is 0.364. The smallest absolute Gasteiger partial charge is 0.325 e. The lowest BCUT2D eigenvalue weighted by Crippen LogP contribution is -2.28. The number of esters is 1. The van der Waals surface area contributed by atoms with Crippen molar-refractivity contribution in [3.8, 4) is 11.6 Å². The molecule has 0 radical (unpaired) electrons. The molecule has 1 unspecified atom stereocenters. The molecule has 2 rings (SSSR count). The molecule has 0 saturated heterocycles. The van der Waals surface area contributed by atoms with Crippen molar-refractivity contribution in [2.75, 3.05) is 38.8 Å². The zero-order valence-corrected chi connectivity index (χ0v) is 18.1. The number of carbonyl (C=O) groups is 1. The number of carbonyl (C=O) groups excluding carboxylic acids is 1. The lowest BCUT2D eigenvalue weighted by molar-refractivity contribution is -0.141. The standard InChI is InChI=1S/C22H27FN4O4/c1-5-30-20(28)15-27(3)22-25-13-18(14-26-22)31-21-19(7-6-11-24-21)16(2)8-9-17(23)10-12-29-4/h6-11,13-14,16H,5,12,15H2,1-4H3/b9-8-,17-10+. The highest BCUT2D eigenvalue weighted by molar-refractivity contribution is 5.74. The summed E-state index contributed by atoms with van der Waals surface area (Å²) in [5, 5.41) is 0. The summed E-state index contributed by atoms with van der Waals surface area (Å²) in [6.07, 6.45) is 9.05. The number of methoxy groups -OCH3 is 1. The van der Waals surface area contributed by atoms with Crippen LogP contribution in [0.1, 0.15) is 25.3 Å². The average Bonchev–Trinajstić information content (AvgIpc) is 2.77. The second-order valence-electron chi connectivity index (χ2n) is 6.57. The summed E-state index contributed by atoms with van der Waals surface area (Å²) in [4.78, 5) is 25.9. The molecule has 31 heavy (non-hydrogen) atoms. The van der Waals surface area contributed by atoms with E-state index in [1.807, 2.05) is 13.0 Å². The van der Waals surface area contributed by atoms with Crippen LogP contribution in [0.15, 0.2) is 54.8 Å². The Morgan fingerprint density at radius 3 is 2.71 bits per heavy atom. The zero-order valence-electron chi connectivity index (χ0n) is 18.1. The third kappa shape index (κ3) is 7.78. The summed E-state index contributed by atoms with van der Waals surface area (Å²) in [5.74, 6) is 0.226. The molecule has 1 atom stereocenters. The second-order valence-corrected chi connectivity index (χ2v) is 6.57. The third-order valence-corrected chi connectivity index (χ3v) is 4.12. The summed E-state index contributed by atoms with van der Waals surface area (Å²) in [7, 11) is 3.20. The van der Waals surface area contributed by atoms with Crippen molar-refractivity contribution in [1.82, 2.24) is 15.0 Å². The molecule has 8 nitrogen and oxygen atoms in total. The Kier molecular flexibility index (Phi) is 9.57. The van der Waals surface area contributed by atoms with Crippen LogP contribution in [0.3, 0.4) is 0 Å². The van der Waals surface area contributed by atoms with Crippen molar-refractivity contribution in [2.45, 2.75) is 19.8 Å². The maximum absolute atomic E-state index is 13.7. The lowest BCUT2D eigenvalue weighted by Gasteiger charge is -2.16. The van der Waals surface area contributed by atoms with Gasteiger partial charge in [0.2, 0.25) is 11.8 Å². The number of aromatic nitrogens is 3. The van der Waals surface area contributed by atoms with Gasteiger partial charge in [0.1, 0.15) is 12.4 Å². The molecule has 0 spiro atoms. The number of rotatable bonds is 11. The average molecular weight is 430 g/mol. The van der Waals surface area contributed by atoms with Gasteiger partial charge in [-0.2, -0.15) is 0 Å². The molecule has 0 aliphatic carbocycles. The molecule has 0 bridgehead atoms. The fourth-order valence-electron chi connectivity index (χ4n) is 2.55. The first-order chi connectivity index (χ1) is 14.9. The monoisotopic (exact) mass is 430 g/mol. The minimum absolute atomic E-state index is 0.0394. The van der Waals surface area contributed by atoms with E-state index in [1.54, 1.807) is 37.2 Å². The van der Waals surface area contributed by atoms with Crippen molar-refractivity contribution >= 4 is 11.9 Å². The predicted octanol–water partition coefficient (Wildman–Crippen LogP) is 3.82. The second kappa shape index (κ2) is 12.4. The van der Waals surface area contributed by atoms with E-state index in [0.717, 1.165) is 5.56 Å². The lowest BCUT2D eigenvalue weighted by atomic mass is 10.0. The summed E-state index contributed by atoms with van der Waals surface area (Å²) >= 11 is 0. The van der Waals surface area contributed by atoms with Gasteiger partial charge in [-0.15, -0.1) is 0 Å². The van der Waals surface area contributed by atoms with Crippen molar-refractivity contribution in [3.63, 3.8) is 0 Å². The van der Waals surface area contributed by atoms with Gasteiger partial charge >= 0.3 is 5.97 Å². The number of pyridine rings is 1. The highest BCUT2D eigenvalue weighted by atomic mass is 19.1. The van der Waals surface area contributed by atoms with E-state index in [9.17, 15) is 9.18 Å². The summed E-state index contributed by atoms with van der Waals surface area (Å²) in [5.41, 5.74) is 0.779. The van der Waals surface area contributed by atoms with Crippen LogP contribution in [0.4, 0.5) is 10.3 Å². The van der Waals surface area contributed by atoms with Gasteiger partial charge in [0, 0.05) is 31.8 Å². The topological polar surface area (TPSA) is 86.7 Å². The Balaban J connectivity index is 2.08. The Labute approximate surface area is 181 Å². The molecule has 0 aliphatic rings. The largest absolute Gasteiger partial charge is 0.465 e. The minimum atomic E-state index is -0.379. The van der Waals surface area contributed by atoms with E-state index >= 15 is 0 Å². The molecule has 0 aliphatic heterocycles. The number of allylic oxidation sites excluding steroid dienone is 3. The van der Waals surface area contributed by atoms with Gasteiger partial charge in [-0.1, -0.05) is 19.1 Å².